The second-order valence-electron chi connectivity index (χ2n) is 4.93. The molecule has 0 unspecified atom stereocenters. The molecule has 0 aliphatic carbocycles. The maximum absolute atomic E-state index is 12.0. The van der Waals surface area contributed by atoms with Crippen molar-refractivity contribution >= 4 is 45.2 Å². The van der Waals surface area contributed by atoms with E-state index in [4.69, 9.17) is 11.6 Å². The van der Waals surface area contributed by atoms with Gasteiger partial charge in [-0.05, 0) is 29.8 Å². The highest BCUT2D eigenvalue weighted by molar-refractivity contribution is 7.19. The Morgan fingerprint density at radius 3 is 2.72 bits per heavy atom. The molecule has 126 valence electrons. The Morgan fingerprint density at radius 2 is 1.92 bits per heavy atom. The highest BCUT2D eigenvalue weighted by atomic mass is 35.5. The van der Waals surface area contributed by atoms with E-state index in [1.54, 1.807) is 18.3 Å². The van der Waals surface area contributed by atoms with Crippen LogP contribution in [0.25, 0.3) is 6.08 Å². The molecule has 3 aromatic rings. The number of nitrogens with one attached hydrogen (secondary N) is 2. The summed E-state index contributed by atoms with van der Waals surface area (Å²) in [5.74, 6) is -0.299. The van der Waals surface area contributed by atoms with Gasteiger partial charge in [0.15, 0.2) is 0 Å². The van der Waals surface area contributed by atoms with E-state index >= 15 is 0 Å². The smallest absolute Gasteiger partial charge is 0.250 e. The Hall–Kier alpha value is -2.77. The maximum atomic E-state index is 12.0. The summed E-state index contributed by atoms with van der Waals surface area (Å²) in [7, 11) is 0. The van der Waals surface area contributed by atoms with Crippen molar-refractivity contribution in [3.8, 4) is 0 Å². The molecule has 0 saturated heterocycles. The van der Waals surface area contributed by atoms with E-state index in [1.165, 1.54) is 17.4 Å². The van der Waals surface area contributed by atoms with Crippen molar-refractivity contribution in [2.24, 2.45) is 0 Å². The van der Waals surface area contributed by atoms with Crippen LogP contribution < -0.4 is 10.6 Å². The summed E-state index contributed by atoms with van der Waals surface area (Å²) < 4.78 is 0. The van der Waals surface area contributed by atoms with Crippen LogP contribution in [0.2, 0.25) is 5.02 Å². The number of carbonyl (C=O) groups is 1. The second-order valence-corrected chi connectivity index (χ2v) is 6.32. The molecule has 3 rings (SSSR count). The van der Waals surface area contributed by atoms with Crippen LogP contribution in [0.4, 0.5) is 10.3 Å². The quantitative estimate of drug-likeness (QED) is 0.643. The molecule has 0 bridgehead atoms. The SMILES string of the molecule is O=C(/C=C/c1ccccc1Cl)Nc1nnc(NCc2ccccn2)s1. The van der Waals surface area contributed by atoms with Gasteiger partial charge >= 0.3 is 0 Å². The number of benzene rings is 1. The fraction of sp³-hybridized carbons (Fsp3) is 0.0588. The van der Waals surface area contributed by atoms with Crippen LogP contribution in [0.3, 0.4) is 0 Å². The summed E-state index contributed by atoms with van der Waals surface area (Å²) in [4.78, 5) is 16.2. The van der Waals surface area contributed by atoms with E-state index in [2.05, 4.69) is 25.8 Å². The average molecular weight is 372 g/mol. The molecule has 2 N–H and O–H groups in total. The summed E-state index contributed by atoms with van der Waals surface area (Å²) in [6.07, 6.45) is 4.79. The Labute approximate surface area is 153 Å². The lowest BCUT2D eigenvalue weighted by molar-refractivity contribution is -0.111. The van der Waals surface area contributed by atoms with E-state index in [0.29, 0.717) is 21.8 Å². The van der Waals surface area contributed by atoms with Crippen LogP contribution in [-0.4, -0.2) is 21.1 Å². The van der Waals surface area contributed by atoms with Crippen LogP contribution >= 0.6 is 22.9 Å². The molecule has 1 amide bonds. The lowest BCUT2D eigenvalue weighted by Gasteiger charge is -2.00. The summed E-state index contributed by atoms with van der Waals surface area (Å²) >= 11 is 7.29. The van der Waals surface area contributed by atoms with Crippen LogP contribution in [0.1, 0.15) is 11.3 Å². The average Bonchev–Trinajstić information content (AvgIpc) is 3.07. The molecule has 6 nitrogen and oxygen atoms in total. The molecule has 0 aliphatic rings. The van der Waals surface area contributed by atoms with Crippen molar-refractivity contribution in [1.82, 2.24) is 15.2 Å². The summed E-state index contributed by atoms with van der Waals surface area (Å²) in [6.45, 7) is 0.538. The van der Waals surface area contributed by atoms with E-state index in [-0.39, 0.29) is 5.91 Å². The number of aromatic nitrogens is 3. The Balaban J connectivity index is 1.54. The molecule has 0 radical (unpaired) electrons. The molecular weight excluding hydrogens is 358 g/mol. The van der Waals surface area contributed by atoms with E-state index in [0.717, 1.165) is 11.3 Å². The van der Waals surface area contributed by atoms with Gasteiger partial charge in [-0.1, -0.05) is 47.2 Å². The number of amides is 1. The largest absolute Gasteiger partial charge is 0.354 e. The fourth-order valence-electron chi connectivity index (χ4n) is 1.94. The molecule has 2 aromatic heterocycles. The van der Waals surface area contributed by atoms with Gasteiger partial charge in [-0.2, -0.15) is 0 Å². The molecule has 8 heteroatoms. The molecule has 0 saturated carbocycles. The molecule has 1 aromatic carbocycles. The predicted octanol–water partition coefficient (Wildman–Crippen LogP) is 3.85. The first-order chi connectivity index (χ1) is 12.2. The Kier molecular flexibility index (Phi) is 5.71. The molecule has 25 heavy (non-hydrogen) atoms. The van der Waals surface area contributed by atoms with Gasteiger partial charge in [-0.15, -0.1) is 10.2 Å². The van der Waals surface area contributed by atoms with Crippen LogP contribution in [0.15, 0.2) is 54.7 Å². The van der Waals surface area contributed by atoms with Crippen molar-refractivity contribution in [3.05, 3.63) is 71.0 Å². The van der Waals surface area contributed by atoms with Gasteiger partial charge in [-0.3, -0.25) is 15.1 Å². The standard InChI is InChI=1S/C17H14ClN5OS/c18-14-7-2-1-5-12(14)8-9-15(24)21-17-23-22-16(25-17)20-11-13-6-3-4-10-19-13/h1-10H,11H2,(H,20,22)(H,21,23,24)/b9-8+. The minimum atomic E-state index is -0.299. The number of carbonyl (C=O) groups excluding carboxylic acids is 1. The normalized spacial score (nSPS) is 10.8. The predicted molar refractivity (Wildman–Crippen MR) is 101 cm³/mol. The topological polar surface area (TPSA) is 79.8 Å². The lowest BCUT2D eigenvalue weighted by Crippen LogP contribution is -2.07. The zero-order valence-corrected chi connectivity index (χ0v) is 14.6. The highest BCUT2D eigenvalue weighted by Gasteiger charge is 2.06. The second kappa shape index (κ2) is 8.36. The van der Waals surface area contributed by atoms with Gasteiger partial charge in [-0.25, -0.2) is 0 Å². The highest BCUT2D eigenvalue weighted by Crippen LogP contribution is 2.21. The summed E-state index contributed by atoms with van der Waals surface area (Å²) in [5, 5.41) is 15.3. The van der Waals surface area contributed by atoms with Gasteiger partial charge < -0.3 is 5.32 Å². The third-order valence-corrected chi connectivity index (χ3v) is 4.26. The number of hydrogen-bond donors (Lipinski definition) is 2. The summed E-state index contributed by atoms with van der Waals surface area (Å²) in [5.41, 5.74) is 1.67. The van der Waals surface area contributed by atoms with E-state index in [9.17, 15) is 4.79 Å². The minimum Gasteiger partial charge on any atom is -0.354 e. The first-order valence-electron chi connectivity index (χ1n) is 7.41. The van der Waals surface area contributed by atoms with E-state index in [1.807, 2.05) is 36.4 Å². The Bertz CT molecular complexity index is 882. The third-order valence-electron chi connectivity index (χ3n) is 3.12. The van der Waals surface area contributed by atoms with E-state index < -0.39 is 0 Å². The molecule has 0 aliphatic heterocycles. The number of anilines is 2. The Morgan fingerprint density at radius 1 is 1.12 bits per heavy atom. The fourth-order valence-corrected chi connectivity index (χ4v) is 2.78. The number of nitrogens with zero attached hydrogens (tertiary/aromatic N) is 3. The van der Waals surface area contributed by atoms with Crippen molar-refractivity contribution < 1.29 is 4.79 Å². The van der Waals surface area contributed by atoms with Crippen LogP contribution in [-0.2, 0) is 11.3 Å². The van der Waals surface area contributed by atoms with Crippen molar-refractivity contribution in [3.63, 3.8) is 0 Å². The first-order valence-corrected chi connectivity index (χ1v) is 8.61. The first kappa shape index (κ1) is 17.1. The lowest BCUT2D eigenvalue weighted by atomic mass is 10.2. The number of pyridine rings is 1. The van der Waals surface area contributed by atoms with Gasteiger partial charge in [0.25, 0.3) is 0 Å². The van der Waals surface area contributed by atoms with Gasteiger partial charge in [0.1, 0.15) is 0 Å². The van der Waals surface area contributed by atoms with Gasteiger partial charge in [0, 0.05) is 17.3 Å². The van der Waals surface area contributed by atoms with Crippen molar-refractivity contribution in [2.75, 3.05) is 10.6 Å². The maximum Gasteiger partial charge on any atom is 0.250 e. The molecule has 0 atom stereocenters. The minimum absolute atomic E-state index is 0.299. The molecule has 0 spiro atoms. The monoisotopic (exact) mass is 371 g/mol. The van der Waals surface area contributed by atoms with Crippen LogP contribution in [0, 0.1) is 0 Å². The number of hydrogen-bond acceptors (Lipinski definition) is 6. The molecule has 0 fully saturated rings. The zero-order chi connectivity index (χ0) is 17.5. The number of halogens is 1. The third kappa shape index (κ3) is 5.10. The summed E-state index contributed by atoms with van der Waals surface area (Å²) in [6, 6.07) is 13.0. The van der Waals surface area contributed by atoms with Crippen molar-refractivity contribution in [1.29, 1.82) is 0 Å². The van der Waals surface area contributed by atoms with Crippen molar-refractivity contribution in [2.45, 2.75) is 6.54 Å². The van der Waals surface area contributed by atoms with Gasteiger partial charge in [0.05, 0.1) is 12.2 Å². The van der Waals surface area contributed by atoms with Crippen LogP contribution in [0.5, 0.6) is 0 Å². The zero-order valence-electron chi connectivity index (χ0n) is 13.0. The van der Waals surface area contributed by atoms with Gasteiger partial charge in [0.2, 0.25) is 16.2 Å². The molecule has 2 heterocycles. The molecular formula is C17H14ClN5OS. The number of rotatable bonds is 6.